The van der Waals surface area contributed by atoms with Gasteiger partial charge in [-0.1, -0.05) is 0 Å². The molecule has 5 nitrogen and oxygen atoms in total. The fraction of sp³-hybridized carbons (Fsp3) is 0.250. The Kier molecular flexibility index (Phi) is 2.36. The van der Waals surface area contributed by atoms with Gasteiger partial charge in [-0.05, 0) is 6.92 Å². The van der Waals surface area contributed by atoms with Crippen LogP contribution < -0.4 is 10.7 Å². The van der Waals surface area contributed by atoms with E-state index in [9.17, 15) is 9.59 Å². The van der Waals surface area contributed by atoms with E-state index in [1.165, 1.54) is 13.8 Å². The third-order valence-electron chi connectivity index (χ3n) is 1.46. The van der Waals surface area contributed by atoms with Crippen molar-refractivity contribution in [3.8, 4) is 5.75 Å². The van der Waals surface area contributed by atoms with Crippen LogP contribution in [0.3, 0.4) is 0 Å². The average Bonchev–Trinajstić information content (AvgIpc) is 2.06. The quantitative estimate of drug-likeness (QED) is 0.668. The van der Waals surface area contributed by atoms with Crippen molar-refractivity contribution in [2.45, 2.75) is 13.8 Å². The number of nitrogens with one attached hydrogen (secondary N) is 1. The van der Waals surface area contributed by atoms with Crippen LogP contribution in [0.5, 0.6) is 5.75 Å². The van der Waals surface area contributed by atoms with Crippen LogP contribution in [0.25, 0.3) is 0 Å². The molecular weight excluding hydrogens is 174 g/mol. The van der Waals surface area contributed by atoms with Crippen molar-refractivity contribution in [3.63, 3.8) is 0 Å². The molecule has 0 aliphatic heterocycles. The number of rotatable bonds is 1. The zero-order valence-corrected chi connectivity index (χ0v) is 7.25. The highest BCUT2D eigenvalue weighted by Crippen LogP contribution is 2.13. The molecule has 1 aromatic rings. The van der Waals surface area contributed by atoms with E-state index in [4.69, 9.17) is 9.52 Å². The Morgan fingerprint density at radius 2 is 2.23 bits per heavy atom. The second-order valence-corrected chi connectivity index (χ2v) is 2.56. The van der Waals surface area contributed by atoms with Gasteiger partial charge in [-0.2, -0.15) is 0 Å². The predicted octanol–water partition coefficient (Wildman–Crippen LogP) is 0.612. The molecule has 1 amide bonds. The number of hydrogen-bond acceptors (Lipinski definition) is 4. The number of aryl methyl sites for hydroxylation is 1. The van der Waals surface area contributed by atoms with E-state index in [-0.39, 0.29) is 11.4 Å². The summed E-state index contributed by atoms with van der Waals surface area (Å²) in [6.45, 7) is 2.71. The van der Waals surface area contributed by atoms with E-state index in [1.807, 2.05) is 0 Å². The molecule has 13 heavy (non-hydrogen) atoms. The van der Waals surface area contributed by atoms with Crippen molar-refractivity contribution in [2.24, 2.45) is 0 Å². The Hall–Kier alpha value is -1.78. The maximum absolute atomic E-state index is 11.2. The maximum Gasteiger partial charge on any atom is 0.250 e. The summed E-state index contributed by atoms with van der Waals surface area (Å²) in [4.78, 5) is 21.8. The smallest absolute Gasteiger partial charge is 0.250 e. The van der Waals surface area contributed by atoms with Crippen molar-refractivity contribution in [1.82, 2.24) is 0 Å². The van der Waals surface area contributed by atoms with Crippen LogP contribution in [0.1, 0.15) is 12.7 Å². The van der Waals surface area contributed by atoms with Crippen molar-refractivity contribution >= 4 is 11.6 Å². The molecule has 5 heteroatoms. The zero-order valence-electron chi connectivity index (χ0n) is 7.25. The van der Waals surface area contributed by atoms with E-state index in [0.717, 1.165) is 6.26 Å². The van der Waals surface area contributed by atoms with Gasteiger partial charge in [0, 0.05) is 6.92 Å². The number of amides is 1. The average molecular weight is 183 g/mol. The number of carbonyl (C=O) groups is 1. The number of aromatic hydroxyl groups is 1. The molecule has 0 aliphatic carbocycles. The molecule has 2 N–H and O–H groups in total. The first-order chi connectivity index (χ1) is 6.02. The lowest BCUT2D eigenvalue weighted by Gasteiger charge is -2.01. The molecule has 0 saturated heterocycles. The minimum atomic E-state index is -0.640. The summed E-state index contributed by atoms with van der Waals surface area (Å²) >= 11 is 0. The molecule has 0 radical (unpaired) electrons. The Labute approximate surface area is 74.0 Å². The molecule has 0 saturated carbocycles. The molecule has 0 bridgehead atoms. The summed E-state index contributed by atoms with van der Waals surface area (Å²) < 4.78 is 4.81. The molecular formula is C8H9NO4. The van der Waals surface area contributed by atoms with Crippen LogP contribution in [0.2, 0.25) is 0 Å². The van der Waals surface area contributed by atoms with Crippen molar-refractivity contribution < 1.29 is 14.3 Å². The van der Waals surface area contributed by atoms with Crippen LogP contribution in [-0.2, 0) is 4.79 Å². The van der Waals surface area contributed by atoms with Crippen LogP contribution in [0, 0.1) is 6.92 Å². The van der Waals surface area contributed by atoms with Crippen LogP contribution in [0.4, 0.5) is 5.69 Å². The summed E-state index contributed by atoms with van der Waals surface area (Å²) in [6.07, 6.45) is 1.10. The predicted molar refractivity (Wildman–Crippen MR) is 45.7 cm³/mol. The van der Waals surface area contributed by atoms with Gasteiger partial charge in [0.15, 0.2) is 0 Å². The first-order valence-electron chi connectivity index (χ1n) is 3.61. The number of hydrogen-bond donors (Lipinski definition) is 2. The van der Waals surface area contributed by atoms with E-state index in [2.05, 4.69) is 5.32 Å². The van der Waals surface area contributed by atoms with Gasteiger partial charge in [0.2, 0.25) is 17.1 Å². The topological polar surface area (TPSA) is 79.5 Å². The van der Waals surface area contributed by atoms with Gasteiger partial charge in [0.05, 0.1) is 0 Å². The highest BCUT2D eigenvalue weighted by atomic mass is 16.4. The first kappa shape index (κ1) is 9.31. The minimum absolute atomic E-state index is 0.0596. The number of carbonyl (C=O) groups excluding carboxylic acids is 1. The fourth-order valence-electron chi connectivity index (χ4n) is 0.820. The second-order valence-electron chi connectivity index (χ2n) is 2.56. The summed E-state index contributed by atoms with van der Waals surface area (Å²) in [5.41, 5.74) is -0.699. The molecule has 0 aromatic carbocycles. The van der Waals surface area contributed by atoms with E-state index in [1.54, 1.807) is 0 Å². The Bertz CT molecular complexity index is 394. The SMILES string of the molecule is CC(=O)Nc1coc(C)c(O)c1=O. The normalized spacial score (nSPS) is 9.69. The van der Waals surface area contributed by atoms with Gasteiger partial charge < -0.3 is 14.8 Å². The fourth-order valence-corrected chi connectivity index (χ4v) is 0.820. The standard InChI is InChI=1S/C8H9NO4/c1-4-7(11)8(12)6(3-13-4)9-5(2)10/h3,11H,1-2H3,(H,9,10). The lowest BCUT2D eigenvalue weighted by atomic mass is 10.3. The molecule has 1 aromatic heterocycles. The molecule has 0 aliphatic rings. The van der Waals surface area contributed by atoms with Gasteiger partial charge in [0.25, 0.3) is 0 Å². The van der Waals surface area contributed by atoms with Gasteiger partial charge in [-0.25, -0.2) is 0 Å². The Morgan fingerprint density at radius 1 is 1.62 bits per heavy atom. The van der Waals surface area contributed by atoms with E-state index in [0.29, 0.717) is 0 Å². The summed E-state index contributed by atoms with van der Waals surface area (Å²) in [5.74, 6) is -0.749. The summed E-state index contributed by atoms with van der Waals surface area (Å²) in [6, 6.07) is 0. The second kappa shape index (κ2) is 3.30. The number of anilines is 1. The van der Waals surface area contributed by atoms with Gasteiger partial charge in [-0.15, -0.1) is 0 Å². The monoisotopic (exact) mass is 183 g/mol. The van der Waals surface area contributed by atoms with Gasteiger partial charge in [0.1, 0.15) is 17.7 Å². The zero-order chi connectivity index (χ0) is 10.0. The van der Waals surface area contributed by atoms with Crippen molar-refractivity contribution in [2.75, 3.05) is 5.32 Å². The largest absolute Gasteiger partial charge is 0.502 e. The highest BCUT2D eigenvalue weighted by Gasteiger charge is 2.09. The third kappa shape index (κ3) is 1.87. The minimum Gasteiger partial charge on any atom is -0.502 e. The Balaban J connectivity index is 3.19. The molecule has 70 valence electrons. The van der Waals surface area contributed by atoms with Gasteiger partial charge >= 0.3 is 0 Å². The first-order valence-corrected chi connectivity index (χ1v) is 3.61. The van der Waals surface area contributed by atoms with Crippen LogP contribution in [-0.4, -0.2) is 11.0 Å². The maximum atomic E-state index is 11.2. The van der Waals surface area contributed by atoms with E-state index < -0.39 is 17.1 Å². The van der Waals surface area contributed by atoms with Crippen molar-refractivity contribution in [3.05, 3.63) is 22.2 Å². The Morgan fingerprint density at radius 3 is 2.77 bits per heavy atom. The molecule has 1 rings (SSSR count). The van der Waals surface area contributed by atoms with Crippen LogP contribution >= 0.6 is 0 Å². The third-order valence-corrected chi connectivity index (χ3v) is 1.46. The van der Waals surface area contributed by atoms with Crippen LogP contribution in [0.15, 0.2) is 15.5 Å². The molecule has 0 atom stereocenters. The summed E-state index contributed by atoms with van der Waals surface area (Å²) in [5, 5.41) is 11.4. The molecule has 0 spiro atoms. The molecule has 0 fully saturated rings. The molecule has 0 unspecified atom stereocenters. The van der Waals surface area contributed by atoms with E-state index >= 15 is 0 Å². The van der Waals surface area contributed by atoms with Crippen molar-refractivity contribution in [1.29, 1.82) is 0 Å². The lowest BCUT2D eigenvalue weighted by Crippen LogP contribution is -2.15. The highest BCUT2D eigenvalue weighted by molar-refractivity contribution is 5.88. The van der Waals surface area contributed by atoms with Gasteiger partial charge in [-0.3, -0.25) is 9.59 Å². The lowest BCUT2D eigenvalue weighted by molar-refractivity contribution is -0.114. The summed E-state index contributed by atoms with van der Waals surface area (Å²) in [7, 11) is 0. The molecule has 1 heterocycles.